The first-order valence-electron chi connectivity index (χ1n) is 7.38. The number of amides is 2. The van der Waals surface area contributed by atoms with Crippen LogP contribution in [-0.2, 0) is 4.74 Å². The summed E-state index contributed by atoms with van der Waals surface area (Å²) in [6.45, 7) is 7.73. The van der Waals surface area contributed by atoms with E-state index in [1.165, 1.54) is 11.3 Å². The molecule has 1 fully saturated rings. The molecule has 1 aliphatic rings. The molecule has 2 amide bonds. The van der Waals surface area contributed by atoms with Crippen molar-refractivity contribution in [1.82, 2.24) is 9.80 Å². The molecule has 122 valence electrons. The quantitative estimate of drug-likeness (QED) is 0.860. The predicted molar refractivity (Wildman–Crippen MR) is 87.1 cm³/mol. The second-order valence-electron chi connectivity index (χ2n) is 6.32. The van der Waals surface area contributed by atoms with Crippen molar-refractivity contribution in [1.29, 1.82) is 0 Å². The van der Waals surface area contributed by atoms with Crippen molar-refractivity contribution in [3.05, 3.63) is 16.3 Å². The maximum atomic E-state index is 12.5. The molecule has 0 aromatic carbocycles. The number of hydrogen-bond donors (Lipinski definition) is 1. The Hall–Kier alpha value is -1.76. The molecular weight excluding hydrogens is 302 g/mol. The Morgan fingerprint density at radius 2 is 1.82 bits per heavy atom. The molecule has 1 aromatic heterocycles. The van der Waals surface area contributed by atoms with Crippen LogP contribution in [0.4, 0.5) is 10.5 Å². The molecule has 0 radical (unpaired) electrons. The third-order valence-corrected chi connectivity index (χ3v) is 4.24. The highest BCUT2D eigenvalue weighted by Gasteiger charge is 2.27. The van der Waals surface area contributed by atoms with Gasteiger partial charge in [0.1, 0.15) is 10.5 Å². The number of ether oxygens (including phenoxy) is 1. The standard InChI is InChI=1S/C15H23N3O3S/c1-15(2,3)21-14(20)18-7-4-6-17(8-9-18)13(19)12-11(16)5-10-22-12/h5,10H,4,6-9,16H2,1-3H3. The minimum atomic E-state index is -0.510. The highest BCUT2D eigenvalue weighted by Crippen LogP contribution is 2.22. The van der Waals surface area contributed by atoms with Gasteiger partial charge in [0.05, 0.1) is 5.69 Å². The topological polar surface area (TPSA) is 75.9 Å². The van der Waals surface area contributed by atoms with Crippen LogP contribution in [0.1, 0.15) is 36.9 Å². The minimum absolute atomic E-state index is 0.0569. The molecule has 0 atom stereocenters. The lowest BCUT2D eigenvalue weighted by Gasteiger charge is -2.26. The maximum Gasteiger partial charge on any atom is 0.410 e. The van der Waals surface area contributed by atoms with Crippen LogP contribution in [0.5, 0.6) is 0 Å². The average Bonchev–Trinajstić information content (AvgIpc) is 2.70. The number of carbonyl (C=O) groups is 2. The molecule has 6 nitrogen and oxygen atoms in total. The SMILES string of the molecule is CC(C)(C)OC(=O)N1CCCN(C(=O)c2sccc2N)CC1. The molecule has 2 rings (SSSR count). The molecule has 7 heteroatoms. The third-order valence-electron chi connectivity index (χ3n) is 3.32. The van der Waals surface area contributed by atoms with Crippen molar-refractivity contribution in [2.75, 3.05) is 31.9 Å². The summed E-state index contributed by atoms with van der Waals surface area (Å²) in [6.07, 6.45) is 0.411. The van der Waals surface area contributed by atoms with Gasteiger partial charge in [-0.1, -0.05) is 0 Å². The number of nitrogens with two attached hydrogens (primary N) is 1. The second kappa shape index (κ2) is 6.56. The molecule has 0 spiro atoms. The predicted octanol–water partition coefficient (Wildman–Crippen LogP) is 2.41. The fourth-order valence-corrected chi connectivity index (χ4v) is 3.05. The van der Waals surface area contributed by atoms with Crippen LogP contribution >= 0.6 is 11.3 Å². The van der Waals surface area contributed by atoms with E-state index in [1.807, 2.05) is 26.2 Å². The first-order valence-corrected chi connectivity index (χ1v) is 8.26. The summed E-state index contributed by atoms with van der Waals surface area (Å²) in [5.41, 5.74) is 5.82. The number of thiophene rings is 1. The largest absolute Gasteiger partial charge is 0.444 e. The summed E-state index contributed by atoms with van der Waals surface area (Å²) in [6, 6.07) is 1.74. The molecule has 1 aromatic rings. The molecular formula is C15H23N3O3S. The average molecular weight is 325 g/mol. The first-order chi connectivity index (χ1) is 10.3. The molecule has 0 bridgehead atoms. The molecule has 1 aliphatic heterocycles. The van der Waals surface area contributed by atoms with Gasteiger partial charge in [-0.15, -0.1) is 11.3 Å². The van der Waals surface area contributed by atoms with Gasteiger partial charge in [0, 0.05) is 26.2 Å². The van der Waals surface area contributed by atoms with E-state index >= 15 is 0 Å². The summed E-state index contributed by atoms with van der Waals surface area (Å²) < 4.78 is 5.39. The van der Waals surface area contributed by atoms with Crippen molar-refractivity contribution in [3.63, 3.8) is 0 Å². The van der Waals surface area contributed by atoms with Gasteiger partial charge in [0.15, 0.2) is 0 Å². The van der Waals surface area contributed by atoms with Crippen molar-refractivity contribution in [2.24, 2.45) is 0 Å². The van der Waals surface area contributed by atoms with Crippen LogP contribution in [0.25, 0.3) is 0 Å². The zero-order valence-electron chi connectivity index (χ0n) is 13.3. The zero-order chi connectivity index (χ0) is 16.3. The van der Waals surface area contributed by atoms with Crippen LogP contribution in [0.2, 0.25) is 0 Å². The van der Waals surface area contributed by atoms with E-state index in [0.717, 1.165) is 6.42 Å². The smallest absolute Gasteiger partial charge is 0.410 e. The van der Waals surface area contributed by atoms with Crippen LogP contribution in [0.3, 0.4) is 0 Å². The Morgan fingerprint density at radius 3 is 2.41 bits per heavy atom. The Bertz CT molecular complexity index is 550. The van der Waals surface area contributed by atoms with E-state index in [0.29, 0.717) is 36.7 Å². The second-order valence-corrected chi connectivity index (χ2v) is 7.23. The number of anilines is 1. The van der Waals surface area contributed by atoms with E-state index < -0.39 is 5.60 Å². The summed E-state index contributed by atoms with van der Waals surface area (Å²) in [5, 5.41) is 1.81. The number of carbonyl (C=O) groups excluding carboxylic acids is 2. The van der Waals surface area contributed by atoms with Crippen LogP contribution in [0.15, 0.2) is 11.4 Å². The van der Waals surface area contributed by atoms with Gasteiger partial charge >= 0.3 is 6.09 Å². The van der Waals surface area contributed by atoms with Crippen molar-refractivity contribution in [2.45, 2.75) is 32.8 Å². The summed E-state index contributed by atoms with van der Waals surface area (Å²) >= 11 is 1.35. The highest BCUT2D eigenvalue weighted by molar-refractivity contribution is 7.12. The van der Waals surface area contributed by atoms with E-state index in [-0.39, 0.29) is 12.0 Å². The zero-order valence-corrected chi connectivity index (χ0v) is 14.1. The molecule has 2 N–H and O–H groups in total. The van der Waals surface area contributed by atoms with Gasteiger partial charge in [-0.3, -0.25) is 4.79 Å². The monoisotopic (exact) mass is 325 g/mol. The number of nitrogen functional groups attached to an aromatic ring is 1. The molecule has 0 saturated carbocycles. The summed E-state index contributed by atoms with van der Waals surface area (Å²) in [5.74, 6) is -0.0569. The lowest BCUT2D eigenvalue weighted by atomic mass is 10.2. The van der Waals surface area contributed by atoms with E-state index in [2.05, 4.69) is 0 Å². The minimum Gasteiger partial charge on any atom is -0.444 e. The number of rotatable bonds is 1. The highest BCUT2D eigenvalue weighted by atomic mass is 32.1. The Labute approximate surface area is 134 Å². The van der Waals surface area contributed by atoms with Gasteiger partial charge in [0.25, 0.3) is 5.91 Å². The summed E-state index contributed by atoms with van der Waals surface area (Å²) in [4.78, 5) is 28.6. The Morgan fingerprint density at radius 1 is 1.18 bits per heavy atom. The van der Waals surface area contributed by atoms with Gasteiger partial charge in [-0.2, -0.15) is 0 Å². The fraction of sp³-hybridized carbons (Fsp3) is 0.600. The first kappa shape index (κ1) is 16.6. The number of hydrogen-bond acceptors (Lipinski definition) is 5. The maximum absolute atomic E-state index is 12.5. The lowest BCUT2D eigenvalue weighted by molar-refractivity contribution is 0.0256. The fourth-order valence-electron chi connectivity index (χ4n) is 2.27. The lowest BCUT2D eigenvalue weighted by Crippen LogP contribution is -2.40. The van der Waals surface area contributed by atoms with Crippen LogP contribution in [-0.4, -0.2) is 53.6 Å². The molecule has 2 heterocycles. The third kappa shape index (κ3) is 4.13. The Kier molecular flexibility index (Phi) is 4.95. The molecule has 22 heavy (non-hydrogen) atoms. The van der Waals surface area contributed by atoms with E-state index in [9.17, 15) is 9.59 Å². The molecule has 0 unspecified atom stereocenters. The number of nitrogens with zero attached hydrogens (tertiary/aromatic N) is 2. The van der Waals surface area contributed by atoms with Crippen molar-refractivity contribution < 1.29 is 14.3 Å². The van der Waals surface area contributed by atoms with Gasteiger partial charge in [-0.05, 0) is 38.6 Å². The normalized spacial score (nSPS) is 16.3. The van der Waals surface area contributed by atoms with Crippen molar-refractivity contribution >= 4 is 29.0 Å². The summed E-state index contributed by atoms with van der Waals surface area (Å²) in [7, 11) is 0. The van der Waals surface area contributed by atoms with Gasteiger partial charge < -0.3 is 20.3 Å². The van der Waals surface area contributed by atoms with E-state index in [4.69, 9.17) is 10.5 Å². The molecule has 1 saturated heterocycles. The Balaban J connectivity index is 1.97. The molecule has 0 aliphatic carbocycles. The van der Waals surface area contributed by atoms with Crippen molar-refractivity contribution in [3.8, 4) is 0 Å². The van der Waals surface area contributed by atoms with Crippen LogP contribution in [0, 0.1) is 0 Å². The van der Waals surface area contributed by atoms with E-state index in [1.54, 1.807) is 15.9 Å². The van der Waals surface area contributed by atoms with Crippen LogP contribution < -0.4 is 5.73 Å². The van der Waals surface area contributed by atoms with Gasteiger partial charge in [-0.25, -0.2) is 4.79 Å². The van der Waals surface area contributed by atoms with Gasteiger partial charge in [0.2, 0.25) is 0 Å².